The maximum Gasteiger partial charge on any atom is 0.0134 e. The molecule has 0 amide bonds. The van der Waals surface area contributed by atoms with Crippen LogP contribution in [-0.2, 0) is 0 Å². The number of likely N-dealkylation sites (tertiary alicyclic amines) is 1. The van der Waals surface area contributed by atoms with Crippen molar-refractivity contribution in [2.45, 2.75) is 30.1 Å². The van der Waals surface area contributed by atoms with Crippen LogP contribution in [0.3, 0.4) is 0 Å². The zero-order chi connectivity index (χ0) is 7.40. The monoisotopic (exact) mass is 253 g/mol. The van der Waals surface area contributed by atoms with Crippen molar-refractivity contribution in [2.75, 3.05) is 19.6 Å². The molecule has 0 bridgehead atoms. The maximum atomic E-state index is 2.58. The van der Waals surface area contributed by atoms with E-state index in [1.165, 1.54) is 38.9 Å². The van der Waals surface area contributed by atoms with Crippen molar-refractivity contribution in [1.82, 2.24) is 4.90 Å². The molecular weight excluding hydrogens is 237 g/mol. The largest absolute Gasteiger partial charge is 0.303 e. The first-order chi connectivity index (χ1) is 4.83. The number of nitrogens with zero attached hydrogens (tertiary/aromatic N) is 1. The summed E-state index contributed by atoms with van der Waals surface area (Å²) >= 11 is 2.57. The van der Waals surface area contributed by atoms with Crippen LogP contribution in [0, 0.1) is 0 Å². The van der Waals surface area contributed by atoms with Crippen LogP contribution in [0.4, 0.5) is 0 Å². The molecule has 1 rings (SSSR count). The van der Waals surface area contributed by atoms with E-state index in [9.17, 15) is 0 Å². The lowest BCUT2D eigenvalue weighted by Gasteiger charge is -2.28. The Morgan fingerprint density at radius 1 is 1.40 bits per heavy atom. The molecule has 1 aliphatic rings. The number of piperidine rings is 1. The summed E-state index contributed by atoms with van der Waals surface area (Å²) in [6.07, 6.45) is 4.12. The second kappa shape index (κ2) is 4.54. The van der Waals surface area contributed by atoms with Crippen LogP contribution in [-0.4, -0.2) is 28.5 Å². The third-order valence-corrected chi connectivity index (χ3v) is 3.30. The van der Waals surface area contributed by atoms with Crippen LogP contribution in [0.1, 0.15) is 26.2 Å². The van der Waals surface area contributed by atoms with E-state index in [1.54, 1.807) is 0 Å². The van der Waals surface area contributed by atoms with Crippen molar-refractivity contribution in [1.29, 1.82) is 0 Å². The number of hydrogen-bond donors (Lipinski definition) is 0. The fourth-order valence-corrected chi connectivity index (χ4v) is 2.00. The number of alkyl halides is 1. The lowest BCUT2D eigenvalue weighted by Crippen LogP contribution is -2.34. The van der Waals surface area contributed by atoms with Crippen molar-refractivity contribution in [2.24, 2.45) is 0 Å². The molecule has 0 unspecified atom stereocenters. The minimum Gasteiger partial charge on any atom is -0.303 e. The summed E-state index contributed by atoms with van der Waals surface area (Å²) in [5.41, 5.74) is 0. The highest BCUT2D eigenvalue weighted by Gasteiger charge is 2.14. The standard InChI is InChI=1S/C8H16IN/c1-2-5-10-6-3-8(9)4-7-10/h8H,2-7H2,1H3. The second-order valence-corrected chi connectivity index (χ2v) is 4.78. The van der Waals surface area contributed by atoms with Gasteiger partial charge in [0.1, 0.15) is 0 Å². The molecule has 1 fully saturated rings. The first kappa shape index (κ1) is 8.78. The third-order valence-electron chi connectivity index (χ3n) is 2.06. The minimum atomic E-state index is 0.950. The lowest BCUT2D eigenvalue weighted by molar-refractivity contribution is 0.236. The van der Waals surface area contributed by atoms with Gasteiger partial charge < -0.3 is 4.90 Å². The van der Waals surface area contributed by atoms with Crippen molar-refractivity contribution in [3.63, 3.8) is 0 Å². The van der Waals surface area contributed by atoms with Gasteiger partial charge in [0, 0.05) is 3.92 Å². The van der Waals surface area contributed by atoms with Crippen LogP contribution in [0.15, 0.2) is 0 Å². The van der Waals surface area contributed by atoms with E-state index in [0.717, 1.165) is 3.92 Å². The normalized spacial score (nSPS) is 23.4. The summed E-state index contributed by atoms with van der Waals surface area (Å²) in [7, 11) is 0. The Balaban J connectivity index is 2.13. The van der Waals surface area contributed by atoms with E-state index in [2.05, 4.69) is 34.4 Å². The van der Waals surface area contributed by atoms with Gasteiger partial charge in [-0.2, -0.15) is 0 Å². The summed E-state index contributed by atoms with van der Waals surface area (Å²) in [5, 5.41) is 0. The zero-order valence-corrected chi connectivity index (χ0v) is 8.80. The molecule has 60 valence electrons. The molecule has 1 nitrogen and oxygen atoms in total. The van der Waals surface area contributed by atoms with E-state index in [0.29, 0.717) is 0 Å². The highest BCUT2D eigenvalue weighted by atomic mass is 127. The van der Waals surface area contributed by atoms with Crippen molar-refractivity contribution in [3.05, 3.63) is 0 Å². The van der Waals surface area contributed by atoms with Gasteiger partial charge in [-0.1, -0.05) is 29.5 Å². The fraction of sp³-hybridized carbons (Fsp3) is 1.00. The van der Waals surface area contributed by atoms with Gasteiger partial charge in [-0.25, -0.2) is 0 Å². The molecule has 0 aromatic heterocycles. The second-order valence-electron chi connectivity index (χ2n) is 3.02. The topological polar surface area (TPSA) is 3.24 Å². The average Bonchev–Trinajstić information content (AvgIpc) is 1.95. The van der Waals surface area contributed by atoms with Gasteiger partial charge in [-0.05, 0) is 38.9 Å². The molecule has 2 heteroatoms. The van der Waals surface area contributed by atoms with E-state index in [4.69, 9.17) is 0 Å². The molecule has 0 aliphatic carbocycles. The van der Waals surface area contributed by atoms with Gasteiger partial charge in [0.05, 0.1) is 0 Å². The van der Waals surface area contributed by atoms with E-state index >= 15 is 0 Å². The summed E-state index contributed by atoms with van der Waals surface area (Å²) in [5.74, 6) is 0. The van der Waals surface area contributed by atoms with Gasteiger partial charge in [0.25, 0.3) is 0 Å². The number of halogens is 1. The Kier molecular flexibility index (Phi) is 3.99. The Hall–Kier alpha value is 0.690. The summed E-state index contributed by atoms with van der Waals surface area (Å²) in [6, 6.07) is 0. The van der Waals surface area contributed by atoms with Crippen molar-refractivity contribution < 1.29 is 0 Å². The van der Waals surface area contributed by atoms with Crippen LogP contribution in [0.25, 0.3) is 0 Å². The Bertz CT molecular complexity index is 87.3. The molecule has 1 heterocycles. The molecule has 1 aliphatic heterocycles. The lowest BCUT2D eigenvalue weighted by atomic mass is 10.1. The molecule has 0 aromatic carbocycles. The fourth-order valence-electron chi connectivity index (χ4n) is 1.44. The van der Waals surface area contributed by atoms with Crippen LogP contribution < -0.4 is 0 Å². The quantitative estimate of drug-likeness (QED) is 0.539. The molecule has 10 heavy (non-hydrogen) atoms. The summed E-state index contributed by atoms with van der Waals surface area (Å²) in [4.78, 5) is 2.58. The SMILES string of the molecule is CCCN1CCC(I)CC1. The van der Waals surface area contributed by atoms with Crippen LogP contribution >= 0.6 is 22.6 Å². The molecule has 0 spiro atoms. The van der Waals surface area contributed by atoms with Crippen molar-refractivity contribution in [3.8, 4) is 0 Å². The van der Waals surface area contributed by atoms with Gasteiger partial charge >= 0.3 is 0 Å². The first-order valence-corrected chi connectivity index (χ1v) is 5.44. The Morgan fingerprint density at radius 2 is 2.00 bits per heavy atom. The Morgan fingerprint density at radius 3 is 2.50 bits per heavy atom. The first-order valence-electron chi connectivity index (χ1n) is 4.19. The molecule has 0 saturated carbocycles. The highest BCUT2D eigenvalue weighted by molar-refractivity contribution is 14.1. The van der Waals surface area contributed by atoms with E-state index in [1.807, 2.05) is 0 Å². The minimum absolute atomic E-state index is 0.950. The molecular formula is C8H16IN. The Labute approximate surface area is 77.3 Å². The molecule has 0 atom stereocenters. The van der Waals surface area contributed by atoms with Gasteiger partial charge in [0.2, 0.25) is 0 Å². The number of rotatable bonds is 2. The summed E-state index contributed by atoms with van der Waals surface area (Å²) < 4.78 is 0.950. The van der Waals surface area contributed by atoms with E-state index < -0.39 is 0 Å². The van der Waals surface area contributed by atoms with E-state index in [-0.39, 0.29) is 0 Å². The van der Waals surface area contributed by atoms with Gasteiger partial charge in [0.15, 0.2) is 0 Å². The number of hydrogen-bond acceptors (Lipinski definition) is 1. The third kappa shape index (κ3) is 2.74. The molecule has 0 N–H and O–H groups in total. The van der Waals surface area contributed by atoms with Crippen molar-refractivity contribution >= 4 is 22.6 Å². The molecule has 0 radical (unpaired) electrons. The molecule has 0 aromatic rings. The molecule has 1 saturated heterocycles. The highest BCUT2D eigenvalue weighted by Crippen LogP contribution is 2.17. The van der Waals surface area contributed by atoms with Crippen LogP contribution in [0.2, 0.25) is 0 Å². The zero-order valence-electron chi connectivity index (χ0n) is 6.65. The predicted octanol–water partition coefficient (Wildman–Crippen LogP) is 2.30. The van der Waals surface area contributed by atoms with Gasteiger partial charge in [-0.15, -0.1) is 0 Å². The summed E-state index contributed by atoms with van der Waals surface area (Å²) in [6.45, 7) is 6.24. The smallest absolute Gasteiger partial charge is 0.0134 e. The van der Waals surface area contributed by atoms with Crippen LogP contribution in [0.5, 0.6) is 0 Å². The average molecular weight is 253 g/mol. The maximum absolute atomic E-state index is 2.58. The predicted molar refractivity (Wildman–Crippen MR) is 53.8 cm³/mol. The van der Waals surface area contributed by atoms with Gasteiger partial charge in [-0.3, -0.25) is 0 Å².